The van der Waals surface area contributed by atoms with Gasteiger partial charge in [0.15, 0.2) is 0 Å². The molecule has 6 nitrogen and oxygen atoms in total. The normalized spacial score (nSPS) is 14.2. The summed E-state index contributed by atoms with van der Waals surface area (Å²) in [4.78, 5) is 14.5. The van der Waals surface area contributed by atoms with Crippen LogP contribution in [0.3, 0.4) is 0 Å². The van der Waals surface area contributed by atoms with Crippen molar-refractivity contribution in [1.29, 1.82) is 0 Å². The molecule has 0 saturated carbocycles. The Kier molecular flexibility index (Phi) is 10.2. The van der Waals surface area contributed by atoms with E-state index in [2.05, 4.69) is 50.2 Å². The van der Waals surface area contributed by atoms with Gasteiger partial charge in [0.1, 0.15) is 5.60 Å². The van der Waals surface area contributed by atoms with Gasteiger partial charge in [-0.05, 0) is 25.2 Å². The summed E-state index contributed by atoms with van der Waals surface area (Å²) >= 11 is 0. The minimum atomic E-state index is -3.67. The predicted octanol–water partition coefficient (Wildman–Crippen LogP) is 3.78. The van der Waals surface area contributed by atoms with E-state index in [1.54, 1.807) is 0 Å². The molecule has 2 rings (SSSR count). The van der Waals surface area contributed by atoms with Crippen LogP contribution in [0.15, 0.2) is 60.7 Å². The van der Waals surface area contributed by atoms with Crippen molar-refractivity contribution in [3.8, 4) is 0 Å². The molecule has 7 heteroatoms. The minimum Gasteiger partial charge on any atom is -0.453 e. The third-order valence-electron chi connectivity index (χ3n) is 4.59. The molecule has 0 radical (unpaired) electrons. The van der Waals surface area contributed by atoms with Crippen molar-refractivity contribution in [3.05, 3.63) is 71.8 Å². The van der Waals surface area contributed by atoms with Gasteiger partial charge in [0.05, 0.1) is 6.26 Å². The number of hydrogen-bond donors (Lipinski definition) is 1. The SMILES string of the molecule is CCC(=O)OC(Cc1ccccc1)(c1ccccc1)C(C)CN(C)C.CS(=O)(=O)O. The molecule has 2 unspecified atom stereocenters. The van der Waals surface area contributed by atoms with Crippen molar-refractivity contribution in [1.82, 2.24) is 4.90 Å². The molecular formula is C23H33NO5S. The van der Waals surface area contributed by atoms with E-state index in [4.69, 9.17) is 9.29 Å². The third-order valence-corrected chi connectivity index (χ3v) is 4.59. The number of carbonyl (C=O) groups is 1. The molecule has 166 valence electrons. The maximum absolute atomic E-state index is 12.3. The fourth-order valence-electron chi connectivity index (χ4n) is 3.35. The van der Waals surface area contributed by atoms with Gasteiger partial charge in [-0.1, -0.05) is 74.5 Å². The van der Waals surface area contributed by atoms with Gasteiger partial charge in [-0.2, -0.15) is 8.42 Å². The molecule has 0 saturated heterocycles. The molecule has 1 N–H and O–H groups in total. The van der Waals surface area contributed by atoms with Crippen LogP contribution in [-0.2, 0) is 31.7 Å². The molecule has 2 aromatic carbocycles. The summed E-state index contributed by atoms with van der Waals surface area (Å²) in [6, 6.07) is 20.4. The number of benzene rings is 2. The van der Waals surface area contributed by atoms with Crippen LogP contribution in [0.2, 0.25) is 0 Å². The Morgan fingerprint density at radius 1 is 1.07 bits per heavy atom. The van der Waals surface area contributed by atoms with Gasteiger partial charge in [-0.3, -0.25) is 9.35 Å². The van der Waals surface area contributed by atoms with Gasteiger partial charge < -0.3 is 9.64 Å². The van der Waals surface area contributed by atoms with E-state index in [1.807, 2.05) is 43.3 Å². The first-order valence-electron chi connectivity index (χ1n) is 9.86. The average Bonchev–Trinajstić information content (AvgIpc) is 2.67. The molecule has 0 aliphatic carbocycles. The van der Waals surface area contributed by atoms with E-state index in [9.17, 15) is 13.2 Å². The first-order valence-corrected chi connectivity index (χ1v) is 11.7. The van der Waals surface area contributed by atoms with Crippen molar-refractivity contribution in [2.24, 2.45) is 5.92 Å². The Morgan fingerprint density at radius 2 is 1.53 bits per heavy atom. The number of hydrogen-bond acceptors (Lipinski definition) is 5. The first-order chi connectivity index (χ1) is 14.0. The lowest BCUT2D eigenvalue weighted by atomic mass is 9.77. The molecule has 2 atom stereocenters. The predicted molar refractivity (Wildman–Crippen MR) is 120 cm³/mol. The van der Waals surface area contributed by atoms with Gasteiger partial charge in [-0.15, -0.1) is 0 Å². The van der Waals surface area contributed by atoms with E-state index in [0.29, 0.717) is 19.1 Å². The highest BCUT2D eigenvalue weighted by molar-refractivity contribution is 7.85. The molecule has 2 aromatic rings. The number of esters is 1. The highest BCUT2D eigenvalue weighted by Crippen LogP contribution is 2.38. The van der Waals surface area contributed by atoms with E-state index in [0.717, 1.165) is 12.1 Å². The molecule has 0 aliphatic heterocycles. The van der Waals surface area contributed by atoms with Gasteiger partial charge in [-0.25, -0.2) is 0 Å². The smallest absolute Gasteiger partial charge is 0.306 e. The zero-order valence-electron chi connectivity index (χ0n) is 18.4. The highest BCUT2D eigenvalue weighted by atomic mass is 32.2. The molecule has 0 spiro atoms. The lowest BCUT2D eigenvalue weighted by Gasteiger charge is -2.40. The van der Waals surface area contributed by atoms with Gasteiger partial charge in [0, 0.05) is 25.3 Å². The van der Waals surface area contributed by atoms with Crippen LogP contribution < -0.4 is 0 Å². The second-order valence-electron chi connectivity index (χ2n) is 7.64. The van der Waals surface area contributed by atoms with Gasteiger partial charge in [0.2, 0.25) is 0 Å². The quantitative estimate of drug-likeness (QED) is 0.502. The van der Waals surface area contributed by atoms with Crippen molar-refractivity contribution in [2.45, 2.75) is 32.3 Å². The van der Waals surface area contributed by atoms with Crippen LogP contribution in [0.25, 0.3) is 0 Å². The summed E-state index contributed by atoms with van der Waals surface area (Å²) in [5, 5.41) is 0. The highest BCUT2D eigenvalue weighted by Gasteiger charge is 2.42. The maximum Gasteiger partial charge on any atom is 0.306 e. The summed E-state index contributed by atoms with van der Waals surface area (Å²) < 4.78 is 32.0. The summed E-state index contributed by atoms with van der Waals surface area (Å²) in [6.45, 7) is 4.84. The lowest BCUT2D eigenvalue weighted by Crippen LogP contribution is -2.44. The zero-order chi connectivity index (χ0) is 22.8. The van der Waals surface area contributed by atoms with Gasteiger partial charge >= 0.3 is 5.97 Å². The summed E-state index contributed by atoms with van der Waals surface area (Å²) in [7, 11) is 0.437. The average molecular weight is 436 g/mol. The molecule has 30 heavy (non-hydrogen) atoms. The van der Waals surface area contributed by atoms with Crippen LogP contribution in [0, 0.1) is 5.92 Å². The fraction of sp³-hybridized carbons (Fsp3) is 0.435. The van der Waals surface area contributed by atoms with E-state index < -0.39 is 15.7 Å². The van der Waals surface area contributed by atoms with E-state index in [1.165, 1.54) is 5.56 Å². The number of ether oxygens (including phenoxy) is 1. The molecule has 0 aromatic heterocycles. The Morgan fingerprint density at radius 3 is 1.97 bits per heavy atom. The van der Waals surface area contributed by atoms with Crippen LogP contribution in [0.5, 0.6) is 0 Å². The molecule has 0 heterocycles. The third kappa shape index (κ3) is 9.07. The maximum atomic E-state index is 12.3. The van der Waals surface area contributed by atoms with Gasteiger partial charge in [0.25, 0.3) is 10.1 Å². The molecule has 0 amide bonds. The number of nitrogens with zero attached hydrogens (tertiary/aromatic N) is 1. The van der Waals surface area contributed by atoms with Crippen LogP contribution in [0.4, 0.5) is 0 Å². The van der Waals surface area contributed by atoms with Crippen LogP contribution >= 0.6 is 0 Å². The summed E-state index contributed by atoms with van der Waals surface area (Å²) in [6.07, 6.45) is 1.75. The molecule has 0 bridgehead atoms. The van der Waals surface area contributed by atoms with E-state index in [-0.39, 0.29) is 11.9 Å². The van der Waals surface area contributed by atoms with Crippen molar-refractivity contribution in [3.63, 3.8) is 0 Å². The topological polar surface area (TPSA) is 83.9 Å². The Hall–Kier alpha value is -2.22. The van der Waals surface area contributed by atoms with E-state index >= 15 is 0 Å². The second kappa shape index (κ2) is 11.8. The summed E-state index contributed by atoms with van der Waals surface area (Å²) in [5.74, 6) is -0.0222. The Balaban J connectivity index is 0.000000804. The summed E-state index contributed by atoms with van der Waals surface area (Å²) in [5.41, 5.74) is 1.54. The van der Waals surface area contributed by atoms with Crippen LogP contribution in [0.1, 0.15) is 31.4 Å². The molecular weight excluding hydrogens is 402 g/mol. The number of rotatable bonds is 8. The standard InChI is InChI=1S/C22H29NO2.CH4O3S/c1-5-21(24)25-22(18(2)17-23(3)4,20-14-10-7-11-15-20)16-19-12-8-6-9-13-19;1-5(2,3)4/h6-15,18H,5,16-17H2,1-4H3;1H3,(H,2,3,4). The fourth-order valence-corrected chi connectivity index (χ4v) is 3.35. The zero-order valence-corrected chi connectivity index (χ0v) is 19.2. The van der Waals surface area contributed by atoms with Crippen molar-refractivity contribution >= 4 is 16.1 Å². The Labute approximate surface area is 180 Å². The van der Waals surface area contributed by atoms with Crippen molar-refractivity contribution < 1.29 is 22.5 Å². The van der Waals surface area contributed by atoms with Crippen molar-refractivity contribution in [2.75, 3.05) is 26.9 Å². The first kappa shape index (κ1) is 25.8. The van der Waals surface area contributed by atoms with Crippen LogP contribution in [-0.4, -0.2) is 50.7 Å². The minimum absolute atomic E-state index is 0.139. The second-order valence-corrected chi connectivity index (χ2v) is 9.11. The Bertz CT molecular complexity index is 861. The molecule has 0 aliphatic rings. The number of carbonyl (C=O) groups excluding carboxylic acids is 1. The largest absolute Gasteiger partial charge is 0.453 e. The lowest BCUT2D eigenvalue weighted by molar-refractivity contribution is -0.168. The molecule has 0 fully saturated rings. The monoisotopic (exact) mass is 435 g/mol.